The predicted octanol–water partition coefficient (Wildman–Crippen LogP) is 0.655. The van der Waals surface area contributed by atoms with E-state index >= 15 is 0 Å². The fraction of sp³-hybridized carbons (Fsp3) is 0.222. The predicted molar refractivity (Wildman–Crippen MR) is 49.9 cm³/mol. The molecular formula is C9H12N2O. The minimum absolute atomic E-state index is 0.0784. The molecule has 0 aliphatic heterocycles. The molecular weight excluding hydrogens is 152 g/mol. The molecule has 0 aliphatic carbocycles. The molecule has 0 aromatic carbocycles. The van der Waals surface area contributed by atoms with Crippen molar-refractivity contribution in [2.24, 2.45) is 5.73 Å². The smallest absolute Gasteiger partial charge is 0.255 e. The van der Waals surface area contributed by atoms with Crippen LogP contribution < -0.4 is 11.3 Å². The maximum absolute atomic E-state index is 11.1. The maximum atomic E-state index is 11.1. The lowest BCUT2D eigenvalue weighted by Crippen LogP contribution is -2.08. The van der Waals surface area contributed by atoms with Gasteiger partial charge in [0, 0.05) is 18.3 Å². The first-order chi connectivity index (χ1) is 5.74. The molecule has 64 valence electrons. The highest BCUT2D eigenvalue weighted by atomic mass is 16.1. The molecule has 3 nitrogen and oxygen atoms in total. The Hall–Kier alpha value is -1.35. The average Bonchev–Trinajstić information content (AvgIpc) is 2.07. The van der Waals surface area contributed by atoms with E-state index in [1.54, 1.807) is 18.3 Å². The lowest BCUT2D eigenvalue weighted by atomic mass is 10.2. The van der Waals surface area contributed by atoms with Gasteiger partial charge in [-0.1, -0.05) is 12.2 Å². The van der Waals surface area contributed by atoms with Gasteiger partial charge in [-0.15, -0.1) is 0 Å². The van der Waals surface area contributed by atoms with Crippen LogP contribution in [0.15, 0.2) is 23.1 Å². The van der Waals surface area contributed by atoms with Crippen LogP contribution in [0.1, 0.15) is 11.1 Å². The van der Waals surface area contributed by atoms with Crippen LogP contribution in [0, 0.1) is 6.92 Å². The Bertz CT molecular complexity index is 339. The van der Waals surface area contributed by atoms with Crippen LogP contribution in [0.4, 0.5) is 0 Å². The maximum Gasteiger partial charge on any atom is 0.255 e. The molecule has 0 bridgehead atoms. The van der Waals surface area contributed by atoms with Gasteiger partial charge in [0.2, 0.25) is 0 Å². The third-order valence-electron chi connectivity index (χ3n) is 1.51. The third-order valence-corrected chi connectivity index (χ3v) is 1.51. The topological polar surface area (TPSA) is 58.9 Å². The summed E-state index contributed by atoms with van der Waals surface area (Å²) in [5.74, 6) is 0. The molecule has 1 heterocycles. The van der Waals surface area contributed by atoms with Gasteiger partial charge in [-0.05, 0) is 18.6 Å². The number of H-pyrrole nitrogens is 1. The molecule has 0 saturated carbocycles. The summed E-state index contributed by atoms with van der Waals surface area (Å²) >= 11 is 0. The first-order valence-electron chi connectivity index (χ1n) is 3.80. The van der Waals surface area contributed by atoms with Gasteiger partial charge in [0.25, 0.3) is 5.56 Å². The van der Waals surface area contributed by atoms with Crippen LogP contribution in [-0.4, -0.2) is 11.5 Å². The first kappa shape index (κ1) is 8.74. The Morgan fingerprint density at radius 1 is 1.67 bits per heavy atom. The van der Waals surface area contributed by atoms with E-state index in [9.17, 15) is 4.79 Å². The molecule has 1 rings (SSSR count). The van der Waals surface area contributed by atoms with Crippen molar-refractivity contribution in [1.82, 2.24) is 4.98 Å². The van der Waals surface area contributed by atoms with Gasteiger partial charge >= 0.3 is 0 Å². The number of pyridine rings is 1. The molecule has 0 unspecified atom stereocenters. The van der Waals surface area contributed by atoms with Crippen LogP contribution in [-0.2, 0) is 0 Å². The van der Waals surface area contributed by atoms with Crippen LogP contribution in [0.25, 0.3) is 6.08 Å². The van der Waals surface area contributed by atoms with Crippen molar-refractivity contribution in [3.63, 3.8) is 0 Å². The molecule has 1 aromatic rings. The summed E-state index contributed by atoms with van der Waals surface area (Å²) in [7, 11) is 0. The second-order valence-corrected chi connectivity index (χ2v) is 2.60. The molecule has 0 atom stereocenters. The zero-order chi connectivity index (χ0) is 8.97. The second kappa shape index (κ2) is 3.88. The van der Waals surface area contributed by atoms with E-state index in [-0.39, 0.29) is 5.56 Å². The van der Waals surface area contributed by atoms with E-state index < -0.39 is 0 Å². The monoisotopic (exact) mass is 164 g/mol. The molecule has 0 spiro atoms. The SMILES string of the molecule is Cc1c[nH]c(=O)c(C=CCN)c1. The third kappa shape index (κ3) is 2.07. The minimum Gasteiger partial charge on any atom is -0.328 e. The largest absolute Gasteiger partial charge is 0.328 e. The molecule has 0 amide bonds. The Kier molecular flexibility index (Phi) is 2.82. The summed E-state index contributed by atoms with van der Waals surface area (Å²) in [5.41, 5.74) is 6.87. The number of nitrogens with one attached hydrogen (secondary N) is 1. The number of hydrogen-bond acceptors (Lipinski definition) is 2. The summed E-state index contributed by atoms with van der Waals surface area (Å²) < 4.78 is 0. The fourth-order valence-electron chi connectivity index (χ4n) is 0.934. The van der Waals surface area contributed by atoms with Gasteiger partial charge in [-0.25, -0.2) is 0 Å². The van der Waals surface area contributed by atoms with Crippen LogP contribution in [0.2, 0.25) is 0 Å². The van der Waals surface area contributed by atoms with E-state index in [2.05, 4.69) is 4.98 Å². The number of aromatic nitrogens is 1. The van der Waals surface area contributed by atoms with Gasteiger partial charge in [0.15, 0.2) is 0 Å². The van der Waals surface area contributed by atoms with Crippen molar-refractivity contribution in [2.45, 2.75) is 6.92 Å². The molecule has 0 aliphatic rings. The minimum atomic E-state index is -0.0784. The van der Waals surface area contributed by atoms with E-state index in [1.165, 1.54) is 0 Å². The zero-order valence-corrected chi connectivity index (χ0v) is 7.00. The number of nitrogens with two attached hydrogens (primary N) is 1. The summed E-state index contributed by atoms with van der Waals surface area (Å²) in [4.78, 5) is 13.8. The van der Waals surface area contributed by atoms with Crippen molar-refractivity contribution in [3.8, 4) is 0 Å². The van der Waals surface area contributed by atoms with E-state index in [4.69, 9.17) is 5.73 Å². The Labute approximate surface area is 70.9 Å². The number of aryl methyl sites for hydroxylation is 1. The van der Waals surface area contributed by atoms with E-state index in [0.29, 0.717) is 12.1 Å². The van der Waals surface area contributed by atoms with Crippen molar-refractivity contribution >= 4 is 6.08 Å². The highest BCUT2D eigenvalue weighted by Crippen LogP contribution is 1.97. The molecule has 1 aromatic heterocycles. The van der Waals surface area contributed by atoms with Crippen molar-refractivity contribution in [2.75, 3.05) is 6.54 Å². The lowest BCUT2D eigenvalue weighted by molar-refractivity contribution is 1.18. The van der Waals surface area contributed by atoms with Crippen molar-refractivity contribution < 1.29 is 0 Å². The molecule has 0 fully saturated rings. The average molecular weight is 164 g/mol. The van der Waals surface area contributed by atoms with Gasteiger partial charge in [0.1, 0.15) is 0 Å². The normalized spacial score (nSPS) is 10.8. The number of rotatable bonds is 2. The van der Waals surface area contributed by atoms with Crippen molar-refractivity contribution in [3.05, 3.63) is 39.8 Å². The lowest BCUT2D eigenvalue weighted by Gasteiger charge is -1.93. The Morgan fingerprint density at radius 3 is 3.08 bits per heavy atom. The quantitative estimate of drug-likeness (QED) is 0.674. The van der Waals surface area contributed by atoms with Crippen LogP contribution in [0.5, 0.6) is 0 Å². The highest BCUT2D eigenvalue weighted by molar-refractivity contribution is 5.48. The molecule has 0 radical (unpaired) electrons. The molecule has 3 heteroatoms. The first-order valence-corrected chi connectivity index (χ1v) is 3.80. The Balaban J connectivity index is 3.06. The second-order valence-electron chi connectivity index (χ2n) is 2.60. The van der Waals surface area contributed by atoms with Gasteiger partial charge < -0.3 is 10.7 Å². The summed E-state index contributed by atoms with van der Waals surface area (Å²) in [6, 6.07) is 1.82. The summed E-state index contributed by atoms with van der Waals surface area (Å²) in [5, 5.41) is 0. The molecule has 3 N–H and O–H groups in total. The Morgan fingerprint density at radius 2 is 2.42 bits per heavy atom. The fourth-order valence-corrected chi connectivity index (χ4v) is 0.934. The van der Waals surface area contributed by atoms with Crippen molar-refractivity contribution in [1.29, 1.82) is 0 Å². The molecule has 0 saturated heterocycles. The standard InChI is InChI=1S/C9H12N2O/c1-7-5-8(3-2-4-10)9(12)11-6-7/h2-3,5-6H,4,10H2,1H3,(H,11,12). The summed E-state index contributed by atoms with van der Waals surface area (Å²) in [6.07, 6.45) is 5.16. The highest BCUT2D eigenvalue weighted by Gasteiger charge is 1.93. The number of hydrogen-bond donors (Lipinski definition) is 2. The number of aromatic amines is 1. The van der Waals surface area contributed by atoms with E-state index in [0.717, 1.165) is 5.56 Å². The van der Waals surface area contributed by atoms with Gasteiger partial charge in [-0.3, -0.25) is 4.79 Å². The van der Waals surface area contributed by atoms with E-state index in [1.807, 2.05) is 13.0 Å². The van der Waals surface area contributed by atoms with Crippen LogP contribution >= 0.6 is 0 Å². The van der Waals surface area contributed by atoms with Crippen LogP contribution in [0.3, 0.4) is 0 Å². The summed E-state index contributed by atoms with van der Waals surface area (Å²) in [6.45, 7) is 2.38. The van der Waals surface area contributed by atoms with Gasteiger partial charge in [0.05, 0.1) is 0 Å². The van der Waals surface area contributed by atoms with Gasteiger partial charge in [-0.2, -0.15) is 0 Å². The molecule has 12 heavy (non-hydrogen) atoms. The zero-order valence-electron chi connectivity index (χ0n) is 7.00.